The summed E-state index contributed by atoms with van der Waals surface area (Å²) in [5.74, 6) is 1.43. The van der Waals surface area contributed by atoms with E-state index in [0.717, 1.165) is 0 Å². The molecule has 2 aliphatic carbocycles. The first-order valence-electron chi connectivity index (χ1n) is 11.5. The monoisotopic (exact) mass is 413 g/mol. The van der Waals surface area contributed by atoms with Gasteiger partial charge in [0.15, 0.2) is 6.29 Å². The van der Waals surface area contributed by atoms with E-state index in [9.17, 15) is 20.1 Å². The Morgan fingerprint density at radius 3 is 2.03 bits per heavy atom. The number of aliphatic hydroxyl groups is 3. The summed E-state index contributed by atoms with van der Waals surface area (Å²) < 4.78 is 12.0. The molecule has 5 atom stereocenters. The van der Waals surface area contributed by atoms with E-state index in [1.807, 2.05) is 0 Å². The van der Waals surface area contributed by atoms with Gasteiger partial charge in [-0.1, -0.05) is 64.2 Å². The molecule has 7 heteroatoms. The zero-order valence-electron chi connectivity index (χ0n) is 17.7. The van der Waals surface area contributed by atoms with Crippen molar-refractivity contribution in [3.63, 3.8) is 0 Å². The molecule has 4 N–H and O–H groups in total. The molecule has 3 aliphatic rings. The van der Waals surface area contributed by atoms with Gasteiger partial charge in [-0.15, -0.1) is 0 Å². The largest absolute Gasteiger partial charge is 0.394 e. The van der Waals surface area contributed by atoms with E-state index in [4.69, 9.17) is 9.47 Å². The number of hydrogen-bond acceptors (Lipinski definition) is 6. The Morgan fingerprint density at radius 1 is 1.00 bits per heavy atom. The van der Waals surface area contributed by atoms with Crippen molar-refractivity contribution in [2.75, 3.05) is 13.2 Å². The van der Waals surface area contributed by atoms with Gasteiger partial charge in [-0.3, -0.25) is 4.79 Å². The first-order valence-corrected chi connectivity index (χ1v) is 11.5. The molecule has 0 radical (unpaired) electrons. The van der Waals surface area contributed by atoms with Crippen molar-refractivity contribution < 1.29 is 29.6 Å². The summed E-state index contributed by atoms with van der Waals surface area (Å²) in [7, 11) is 0. The fourth-order valence-electron chi connectivity index (χ4n) is 5.60. The van der Waals surface area contributed by atoms with Crippen molar-refractivity contribution in [2.24, 2.45) is 17.8 Å². The molecule has 1 saturated heterocycles. The SMILES string of the molecule is CC(=O)N[C@H]1[C@H](OCC(C2CCCCC2)C2CCCCC2)O[C@H](CO)[C@@H](O)[C@@H]1O. The van der Waals surface area contributed by atoms with E-state index in [1.165, 1.54) is 71.1 Å². The number of carbonyl (C=O) groups excluding carboxylic acids is 1. The van der Waals surface area contributed by atoms with Gasteiger partial charge in [0.1, 0.15) is 24.4 Å². The Kier molecular flexibility index (Phi) is 8.74. The quantitative estimate of drug-likeness (QED) is 0.506. The molecule has 1 heterocycles. The Hall–Kier alpha value is -0.730. The van der Waals surface area contributed by atoms with Crippen LogP contribution in [0.5, 0.6) is 0 Å². The molecule has 0 unspecified atom stereocenters. The number of ether oxygens (including phenoxy) is 2. The standard InChI is InChI=1S/C22H39NO6/c1-14(25)23-19-21(27)20(26)18(12-24)29-22(19)28-13-17(15-8-4-2-5-9-15)16-10-6-3-7-11-16/h15-22,24,26-27H,2-13H2,1H3,(H,23,25)/t18-,19-,20-,21-,22-/m1/s1. The number of amides is 1. The number of hydrogen-bond donors (Lipinski definition) is 4. The molecule has 0 aromatic carbocycles. The summed E-state index contributed by atoms with van der Waals surface area (Å²) in [6.45, 7) is 1.47. The Bertz CT molecular complexity index is 488. The third-order valence-electron chi connectivity index (χ3n) is 7.21. The highest BCUT2D eigenvalue weighted by atomic mass is 16.7. The lowest BCUT2D eigenvalue weighted by Crippen LogP contribution is -2.64. The van der Waals surface area contributed by atoms with Gasteiger partial charge in [0.2, 0.25) is 5.91 Å². The van der Waals surface area contributed by atoms with Crippen molar-refractivity contribution in [3.05, 3.63) is 0 Å². The highest BCUT2D eigenvalue weighted by Crippen LogP contribution is 2.40. The molecule has 3 rings (SSSR count). The smallest absolute Gasteiger partial charge is 0.217 e. The van der Waals surface area contributed by atoms with Gasteiger partial charge in [-0.05, 0) is 17.8 Å². The van der Waals surface area contributed by atoms with Gasteiger partial charge < -0.3 is 30.1 Å². The summed E-state index contributed by atoms with van der Waals surface area (Å²) in [5.41, 5.74) is 0. The molecule has 0 aromatic rings. The van der Waals surface area contributed by atoms with E-state index >= 15 is 0 Å². The van der Waals surface area contributed by atoms with Gasteiger partial charge in [0.05, 0.1) is 13.2 Å². The van der Waals surface area contributed by atoms with Crippen molar-refractivity contribution in [2.45, 2.75) is 102 Å². The summed E-state index contributed by atoms with van der Waals surface area (Å²) >= 11 is 0. The molecule has 2 saturated carbocycles. The molecule has 7 nitrogen and oxygen atoms in total. The first-order chi connectivity index (χ1) is 14.0. The van der Waals surface area contributed by atoms with Crippen LogP contribution in [0.4, 0.5) is 0 Å². The highest BCUT2D eigenvalue weighted by molar-refractivity contribution is 5.73. The number of carbonyl (C=O) groups is 1. The van der Waals surface area contributed by atoms with Crippen LogP contribution in [-0.2, 0) is 14.3 Å². The summed E-state index contributed by atoms with van der Waals surface area (Å²) in [4.78, 5) is 11.6. The van der Waals surface area contributed by atoms with Gasteiger partial charge in [0, 0.05) is 6.92 Å². The van der Waals surface area contributed by atoms with Crippen LogP contribution >= 0.6 is 0 Å². The van der Waals surface area contributed by atoms with Crippen molar-refractivity contribution in [3.8, 4) is 0 Å². The predicted octanol–water partition coefficient (Wildman–Crippen LogP) is 1.72. The summed E-state index contributed by atoms with van der Waals surface area (Å²) in [6.07, 6.45) is 8.36. The second-order valence-electron chi connectivity index (χ2n) is 9.23. The van der Waals surface area contributed by atoms with E-state index in [0.29, 0.717) is 24.4 Å². The van der Waals surface area contributed by atoms with Crippen LogP contribution in [0.3, 0.4) is 0 Å². The maximum Gasteiger partial charge on any atom is 0.217 e. The summed E-state index contributed by atoms with van der Waals surface area (Å²) in [5, 5.41) is 32.8. The van der Waals surface area contributed by atoms with E-state index in [-0.39, 0.29) is 5.91 Å². The predicted molar refractivity (Wildman–Crippen MR) is 108 cm³/mol. The molecule has 1 amide bonds. The number of aliphatic hydroxyl groups excluding tert-OH is 3. The maximum atomic E-state index is 11.6. The Morgan fingerprint density at radius 2 is 1.55 bits per heavy atom. The van der Waals surface area contributed by atoms with Crippen LogP contribution in [-0.4, -0.2) is 65.1 Å². The average Bonchev–Trinajstić information content (AvgIpc) is 2.74. The molecule has 168 valence electrons. The van der Waals surface area contributed by atoms with Gasteiger partial charge >= 0.3 is 0 Å². The fraction of sp³-hybridized carbons (Fsp3) is 0.955. The molecular formula is C22H39NO6. The number of rotatable bonds is 7. The normalized spacial score (nSPS) is 35.0. The van der Waals surface area contributed by atoms with Crippen LogP contribution in [0.25, 0.3) is 0 Å². The molecule has 0 spiro atoms. The summed E-state index contributed by atoms with van der Waals surface area (Å²) in [6, 6.07) is -0.858. The minimum absolute atomic E-state index is 0.322. The van der Waals surface area contributed by atoms with E-state index in [1.54, 1.807) is 0 Å². The molecule has 29 heavy (non-hydrogen) atoms. The lowest BCUT2D eigenvalue weighted by molar-refractivity contribution is -0.275. The van der Waals surface area contributed by atoms with Crippen molar-refractivity contribution in [1.82, 2.24) is 5.32 Å². The lowest BCUT2D eigenvalue weighted by Gasteiger charge is -2.44. The molecule has 0 bridgehead atoms. The molecule has 3 fully saturated rings. The van der Waals surface area contributed by atoms with Gasteiger partial charge in [-0.25, -0.2) is 0 Å². The third-order valence-corrected chi connectivity index (χ3v) is 7.21. The minimum Gasteiger partial charge on any atom is -0.394 e. The molecule has 0 aromatic heterocycles. The second kappa shape index (κ2) is 11.0. The van der Waals surface area contributed by atoms with Gasteiger partial charge in [-0.2, -0.15) is 0 Å². The van der Waals surface area contributed by atoms with Crippen molar-refractivity contribution >= 4 is 5.91 Å². The van der Waals surface area contributed by atoms with E-state index in [2.05, 4.69) is 5.32 Å². The van der Waals surface area contributed by atoms with E-state index < -0.39 is 37.3 Å². The van der Waals surface area contributed by atoms with Crippen LogP contribution in [0.1, 0.15) is 71.1 Å². The first kappa shape index (κ1) is 22.9. The van der Waals surface area contributed by atoms with Crippen LogP contribution < -0.4 is 5.32 Å². The van der Waals surface area contributed by atoms with Gasteiger partial charge in [0.25, 0.3) is 0 Å². The molecule has 1 aliphatic heterocycles. The molecular weight excluding hydrogens is 374 g/mol. The topological polar surface area (TPSA) is 108 Å². The van der Waals surface area contributed by atoms with Crippen molar-refractivity contribution in [1.29, 1.82) is 0 Å². The zero-order valence-corrected chi connectivity index (χ0v) is 17.7. The highest BCUT2D eigenvalue weighted by Gasteiger charge is 2.46. The Balaban J connectivity index is 1.69. The zero-order chi connectivity index (χ0) is 20.8. The Labute approximate surface area is 174 Å². The van der Waals surface area contributed by atoms with Crippen LogP contribution in [0.2, 0.25) is 0 Å². The maximum absolute atomic E-state index is 11.6. The minimum atomic E-state index is -1.27. The average molecular weight is 414 g/mol. The third kappa shape index (κ3) is 5.91. The second-order valence-corrected chi connectivity index (χ2v) is 9.23. The number of nitrogens with one attached hydrogen (secondary N) is 1. The fourth-order valence-corrected chi connectivity index (χ4v) is 5.60. The van der Waals surface area contributed by atoms with Crippen LogP contribution in [0.15, 0.2) is 0 Å². The lowest BCUT2D eigenvalue weighted by atomic mass is 9.70. The van der Waals surface area contributed by atoms with Crippen LogP contribution in [0, 0.1) is 17.8 Å².